The summed E-state index contributed by atoms with van der Waals surface area (Å²) in [5, 5.41) is 2.62. The van der Waals surface area contributed by atoms with Crippen molar-refractivity contribution in [2.45, 2.75) is 6.54 Å². The third-order valence-corrected chi connectivity index (χ3v) is 2.03. The van der Waals surface area contributed by atoms with Gasteiger partial charge in [0.15, 0.2) is 0 Å². The maximum Gasteiger partial charge on any atom is 0.249 e. The zero-order valence-electron chi connectivity index (χ0n) is 9.03. The summed E-state index contributed by atoms with van der Waals surface area (Å²) in [6.07, 6.45) is 0. The van der Waals surface area contributed by atoms with E-state index >= 15 is 0 Å². The molecule has 3 N–H and O–H groups in total. The van der Waals surface area contributed by atoms with Gasteiger partial charge in [-0.1, -0.05) is 18.2 Å². The largest absolute Gasteiger partial charge is 0.375 e. The molecule has 2 amide bonds. The molecule has 1 rings (SSSR count). The van der Waals surface area contributed by atoms with E-state index in [2.05, 4.69) is 10.1 Å². The predicted molar refractivity (Wildman–Crippen MR) is 58.7 cm³/mol. The molecule has 16 heavy (non-hydrogen) atoms. The van der Waals surface area contributed by atoms with E-state index in [-0.39, 0.29) is 19.1 Å². The van der Waals surface area contributed by atoms with Crippen molar-refractivity contribution in [3.8, 4) is 0 Å². The summed E-state index contributed by atoms with van der Waals surface area (Å²) in [4.78, 5) is 22.2. The van der Waals surface area contributed by atoms with Crippen LogP contribution in [0.25, 0.3) is 0 Å². The number of nitrogens with one attached hydrogen (secondary N) is 1. The van der Waals surface area contributed by atoms with Gasteiger partial charge in [0.2, 0.25) is 11.8 Å². The third-order valence-electron chi connectivity index (χ3n) is 2.03. The second-order valence-electron chi connectivity index (χ2n) is 3.23. The monoisotopic (exact) mass is 222 g/mol. The van der Waals surface area contributed by atoms with Crippen LogP contribution in [0.2, 0.25) is 0 Å². The minimum Gasteiger partial charge on any atom is -0.375 e. The topological polar surface area (TPSA) is 81.4 Å². The predicted octanol–water partition coefficient (Wildman–Crippen LogP) is 0.0481. The summed E-state index contributed by atoms with van der Waals surface area (Å²) in [7, 11) is 1.44. The Morgan fingerprint density at radius 3 is 2.69 bits per heavy atom. The van der Waals surface area contributed by atoms with Gasteiger partial charge in [0.1, 0.15) is 6.61 Å². The minimum atomic E-state index is -0.503. The van der Waals surface area contributed by atoms with Crippen molar-refractivity contribution in [1.29, 1.82) is 0 Å². The molecule has 0 aromatic heterocycles. The van der Waals surface area contributed by atoms with Gasteiger partial charge in [0.25, 0.3) is 0 Å². The highest BCUT2D eigenvalue weighted by atomic mass is 16.5. The first-order chi connectivity index (χ1) is 7.65. The van der Waals surface area contributed by atoms with Crippen molar-refractivity contribution in [2.24, 2.45) is 5.73 Å². The van der Waals surface area contributed by atoms with Crippen LogP contribution in [-0.4, -0.2) is 25.5 Å². The van der Waals surface area contributed by atoms with Gasteiger partial charge in [0.05, 0.1) is 0 Å². The standard InChI is InChI=1S/C11H14N2O3/c1-16-7-10(14)13-6-8-4-2-3-5-9(8)11(12)15/h2-5H,6-7H2,1H3,(H2,12,15)(H,13,14). The van der Waals surface area contributed by atoms with Gasteiger partial charge in [-0.3, -0.25) is 9.59 Å². The molecular formula is C11H14N2O3. The molecule has 0 spiro atoms. The van der Waals surface area contributed by atoms with Crippen molar-refractivity contribution in [3.63, 3.8) is 0 Å². The van der Waals surface area contributed by atoms with Gasteiger partial charge in [-0.15, -0.1) is 0 Å². The lowest BCUT2D eigenvalue weighted by Gasteiger charge is -2.07. The molecule has 0 saturated heterocycles. The quantitative estimate of drug-likeness (QED) is 0.738. The van der Waals surface area contributed by atoms with Crippen LogP contribution >= 0.6 is 0 Å². The Morgan fingerprint density at radius 2 is 2.06 bits per heavy atom. The van der Waals surface area contributed by atoms with Crippen molar-refractivity contribution in [1.82, 2.24) is 5.32 Å². The van der Waals surface area contributed by atoms with E-state index in [1.807, 2.05) is 0 Å². The number of hydrogen-bond acceptors (Lipinski definition) is 3. The third kappa shape index (κ3) is 3.36. The average Bonchev–Trinajstić information content (AvgIpc) is 2.27. The Balaban J connectivity index is 2.66. The van der Waals surface area contributed by atoms with E-state index < -0.39 is 5.91 Å². The molecule has 0 heterocycles. The molecule has 0 atom stereocenters. The van der Waals surface area contributed by atoms with Gasteiger partial charge in [-0.05, 0) is 11.6 Å². The van der Waals surface area contributed by atoms with E-state index in [1.54, 1.807) is 24.3 Å². The van der Waals surface area contributed by atoms with Gasteiger partial charge >= 0.3 is 0 Å². The molecule has 86 valence electrons. The number of methoxy groups -OCH3 is 1. The zero-order valence-corrected chi connectivity index (χ0v) is 9.03. The normalized spacial score (nSPS) is 9.81. The first-order valence-corrected chi connectivity index (χ1v) is 4.78. The van der Waals surface area contributed by atoms with Crippen LogP contribution in [0.1, 0.15) is 15.9 Å². The molecule has 0 radical (unpaired) electrons. The van der Waals surface area contributed by atoms with E-state index in [9.17, 15) is 9.59 Å². The van der Waals surface area contributed by atoms with Gasteiger partial charge in [0, 0.05) is 19.2 Å². The Kier molecular flexibility index (Phi) is 4.47. The highest BCUT2D eigenvalue weighted by molar-refractivity contribution is 5.94. The maximum atomic E-state index is 11.1. The Hall–Kier alpha value is -1.88. The van der Waals surface area contributed by atoms with Crippen molar-refractivity contribution in [2.75, 3.05) is 13.7 Å². The molecule has 0 bridgehead atoms. The van der Waals surface area contributed by atoms with Crippen LogP contribution < -0.4 is 11.1 Å². The SMILES string of the molecule is COCC(=O)NCc1ccccc1C(N)=O. The number of carbonyl (C=O) groups is 2. The average molecular weight is 222 g/mol. The van der Waals surface area contributed by atoms with Gasteiger partial charge in [-0.2, -0.15) is 0 Å². The first kappa shape index (κ1) is 12.2. The molecule has 0 saturated carbocycles. The Morgan fingerprint density at radius 1 is 1.38 bits per heavy atom. The van der Waals surface area contributed by atoms with Crippen molar-refractivity contribution < 1.29 is 14.3 Å². The summed E-state index contributed by atoms with van der Waals surface area (Å²) in [5.74, 6) is -0.738. The number of amides is 2. The second kappa shape index (κ2) is 5.87. The number of ether oxygens (including phenoxy) is 1. The molecule has 0 fully saturated rings. The van der Waals surface area contributed by atoms with E-state index in [1.165, 1.54) is 7.11 Å². The van der Waals surface area contributed by atoms with E-state index in [0.717, 1.165) is 0 Å². The fraction of sp³-hybridized carbons (Fsp3) is 0.273. The number of primary amides is 1. The fourth-order valence-corrected chi connectivity index (χ4v) is 1.29. The van der Waals surface area contributed by atoms with Crippen molar-refractivity contribution in [3.05, 3.63) is 35.4 Å². The summed E-state index contributed by atoms with van der Waals surface area (Å²) in [6.45, 7) is 0.264. The van der Waals surface area contributed by atoms with Crippen LogP contribution in [0.5, 0.6) is 0 Å². The highest BCUT2D eigenvalue weighted by Crippen LogP contribution is 2.07. The highest BCUT2D eigenvalue weighted by Gasteiger charge is 2.07. The lowest BCUT2D eigenvalue weighted by atomic mass is 10.1. The number of carbonyl (C=O) groups excluding carboxylic acids is 2. The molecule has 0 aliphatic carbocycles. The second-order valence-corrected chi connectivity index (χ2v) is 3.23. The molecule has 5 nitrogen and oxygen atoms in total. The Bertz CT molecular complexity index is 391. The summed E-state index contributed by atoms with van der Waals surface area (Å²) in [5.41, 5.74) is 6.31. The summed E-state index contributed by atoms with van der Waals surface area (Å²) >= 11 is 0. The molecule has 5 heteroatoms. The number of nitrogens with two attached hydrogens (primary N) is 1. The molecule has 0 aliphatic heterocycles. The fourth-order valence-electron chi connectivity index (χ4n) is 1.29. The number of rotatable bonds is 5. The zero-order chi connectivity index (χ0) is 12.0. The van der Waals surface area contributed by atoms with Crippen LogP contribution in [0.3, 0.4) is 0 Å². The van der Waals surface area contributed by atoms with Gasteiger partial charge in [-0.25, -0.2) is 0 Å². The molecule has 0 aliphatic rings. The number of benzene rings is 1. The minimum absolute atomic E-state index is 0.00125. The molecule has 1 aromatic carbocycles. The van der Waals surface area contributed by atoms with Crippen LogP contribution in [0.15, 0.2) is 24.3 Å². The molecule has 1 aromatic rings. The van der Waals surface area contributed by atoms with Crippen LogP contribution in [0.4, 0.5) is 0 Å². The lowest BCUT2D eigenvalue weighted by Crippen LogP contribution is -2.27. The molecule has 0 unspecified atom stereocenters. The Labute approximate surface area is 93.6 Å². The van der Waals surface area contributed by atoms with Gasteiger partial charge < -0.3 is 15.8 Å². The van der Waals surface area contributed by atoms with E-state index in [0.29, 0.717) is 11.1 Å². The first-order valence-electron chi connectivity index (χ1n) is 4.78. The summed E-state index contributed by atoms with van der Waals surface area (Å²) < 4.78 is 4.67. The maximum absolute atomic E-state index is 11.1. The van der Waals surface area contributed by atoms with Crippen LogP contribution in [0, 0.1) is 0 Å². The smallest absolute Gasteiger partial charge is 0.249 e. The van der Waals surface area contributed by atoms with Crippen LogP contribution in [-0.2, 0) is 16.1 Å². The number of hydrogen-bond donors (Lipinski definition) is 2. The van der Waals surface area contributed by atoms with Crippen molar-refractivity contribution >= 4 is 11.8 Å². The molecular weight excluding hydrogens is 208 g/mol. The summed E-state index contributed by atoms with van der Waals surface area (Å²) in [6, 6.07) is 6.87. The lowest BCUT2D eigenvalue weighted by molar-refractivity contribution is -0.124. The van der Waals surface area contributed by atoms with E-state index in [4.69, 9.17) is 5.73 Å².